The molecule has 0 bridgehead atoms. The smallest absolute Gasteiger partial charge is 0.223 e. The number of hydrogen-bond donors (Lipinski definition) is 0. The molecule has 0 unspecified atom stereocenters. The van der Waals surface area contributed by atoms with Crippen LogP contribution in [0.3, 0.4) is 0 Å². The summed E-state index contributed by atoms with van der Waals surface area (Å²) in [6.07, 6.45) is 30.2. The molecule has 2 heteroatoms. The number of benzene rings is 2. The quantitative estimate of drug-likeness (QED) is 0.0564. The summed E-state index contributed by atoms with van der Waals surface area (Å²) in [4.78, 5) is 0. The third kappa shape index (κ3) is 15.0. The van der Waals surface area contributed by atoms with Crippen LogP contribution in [-0.4, -0.2) is 4.70 Å². The van der Waals surface area contributed by atoms with E-state index < -0.39 is 0 Å². The zero-order valence-electron chi connectivity index (χ0n) is 33.2. The van der Waals surface area contributed by atoms with Crippen molar-refractivity contribution in [2.75, 3.05) is 0 Å². The Morgan fingerprint density at radius 3 is 1.78 bits per heavy atom. The van der Waals surface area contributed by atoms with Gasteiger partial charge in [0.1, 0.15) is 5.57 Å². The van der Waals surface area contributed by atoms with Crippen LogP contribution < -0.4 is 0 Å². The third-order valence-corrected chi connectivity index (χ3v) is 10.2. The maximum Gasteiger partial charge on any atom is 0.223 e. The van der Waals surface area contributed by atoms with Crippen LogP contribution in [0.4, 0.5) is 0 Å². The minimum Gasteiger partial charge on any atom is -0.493 e. The standard InChI is InChI=1S/C49H70N2/c1-5-9-13-15-16-17-18-19-20-21-22-23-24-25-27-29-40-46-47(38-12-8-4)49(45-39-31-30-36-43(45)35-28-26-14-10-6-2)51(50)48(46)44-37-32-34-42(41-44)33-11-7-3/h30-32,34,36-37,39,41H,5-13,15-25,27-28,33,35,38H2,1-4H3. The molecule has 2 aromatic rings. The second-order valence-corrected chi connectivity index (χ2v) is 14.7. The van der Waals surface area contributed by atoms with E-state index in [1.165, 1.54) is 111 Å². The number of aryl methyl sites for hydroxylation is 2. The van der Waals surface area contributed by atoms with Gasteiger partial charge in [0.25, 0.3) is 0 Å². The van der Waals surface area contributed by atoms with Crippen LogP contribution in [0.5, 0.6) is 0 Å². The summed E-state index contributed by atoms with van der Waals surface area (Å²) in [5, 5.41) is 0. The molecule has 0 spiro atoms. The van der Waals surface area contributed by atoms with E-state index in [0.717, 1.165) is 98.7 Å². The van der Waals surface area contributed by atoms with Gasteiger partial charge in [-0.1, -0.05) is 166 Å². The molecule has 0 fully saturated rings. The Labute approximate surface area is 314 Å². The summed E-state index contributed by atoms with van der Waals surface area (Å²) in [6, 6.07) is 17.4. The Kier molecular flexibility index (Phi) is 21.8. The third-order valence-electron chi connectivity index (χ3n) is 10.2. The summed E-state index contributed by atoms with van der Waals surface area (Å²) >= 11 is 0. The molecule has 1 aliphatic heterocycles. The van der Waals surface area contributed by atoms with E-state index in [1.54, 1.807) is 0 Å². The lowest BCUT2D eigenvalue weighted by atomic mass is 9.93. The SMILES string of the molecule is CCCC#CCCc1ccccc1C1=C(CCCC)C(C#CCCCCCCCCCCCCCCCC)=C(c2cccc(CCCC)c2)[N+]1=[N-]. The molecule has 0 aromatic heterocycles. The van der Waals surface area contributed by atoms with Gasteiger partial charge >= 0.3 is 0 Å². The first-order valence-corrected chi connectivity index (χ1v) is 21.2. The summed E-state index contributed by atoms with van der Waals surface area (Å²) in [5.41, 5.74) is 20.9. The first-order valence-electron chi connectivity index (χ1n) is 21.2. The van der Waals surface area contributed by atoms with Gasteiger partial charge in [-0.3, -0.25) is 0 Å². The molecular weight excluding hydrogens is 617 g/mol. The second kappa shape index (κ2) is 26.4. The number of hydrogen-bond acceptors (Lipinski definition) is 0. The minimum absolute atomic E-state index is 0.825. The minimum atomic E-state index is 0.825. The Bertz CT molecular complexity index is 1500. The second-order valence-electron chi connectivity index (χ2n) is 14.7. The van der Waals surface area contributed by atoms with Crippen molar-refractivity contribution in [2.45, 2.75) is 188 Å². The molecule has 0 aliphatic carbocycles. The van der Waals surface area contributed by atoms with Gasteiger partial charge in [0.05, 0.1) is 0 Å². The Morgan fingerprint density at radius 1 is 0.510 bits per heavy atom. The van der Waals surface area contributed by atoms with Gasteiger partial charge in [0, 0.05) is 36.0 Å². The molecule has 0 saturated heterocycles. The van der Waals surface area contributed by atoms with Crippen LogP contribution >= 0.6 is 0 Å². The zero-order chi connectivity index (χ0) is 36.4. The average molecular weight is 687 g/mol. The van der Waals surface area contributed by atoms with Crippen molar-refractivity contribution in [2.24, 2.45) is 0 Å². The van der Waals surface area contributed by atoms with Crippen molar-refractivity contribution in [3.8, 4) is 23.7 Å². The average Bonchev–Trinajstić information content (AvgIpc) is 3.42. The largest absolute Gasteiger partial charge is 0.493 e. The molecule has 51 heavy (non-hydrogen) atoms. The fraction of sp³-hybridized carbons (Fsp3) is 0.592. The summed E-state index contributed by atoms with van der Waals surface area (Å²) in [5.74, 6) is 13.9. The lowest BCUT2D eigenvalue weighted by Crippen LogP contribution is -2.05. The molecule has 0 amide bonds. The van der Waals surface area contributed by atoms with E-state index in [2.05, 4.69) is 99.9 Å². The Balaban J connectivity index is 1.75. The zero-order valence-corrected chi connectivity index (χ0v) is 33.2. The number of rotatable bonds is 25. The van der Waals surface area contributed by atoms with Gasteiger partial charge in [0.15, 0.2) is 0 Å². The van der Waals surface area contributed by atoms with Gasteiger partial charge in [-0.2, -0.15) is 0 Å². The molecule has 1 heterocycles. The normalized spacial score (nSPS) is 12.7. The number of nitrogens with zero attached hydrogens (tertiary/aromatic N) is 2. The first-order chi connectivity index (χ1) is 25.2. The summed E-state index contributed by atoms with van der Waals surface area (Å²) in [6.45, 7) is 8.96. The van der Waals surface area contributed by atoms with Crippen molar-refractivity contribution in [1.29, 1.82) is 0 Å². The maximum absolute atomic E-state index is 12.2. The van der Waals surface area contributed by atoms with Crippen molar-refractivity contribution in [3.05, 3.63) is 87.5 Å². The maximum atomic E-state index is 12.2. The Hall–Kier alpha value is -3.36. The van der Waals surface area contributed by atoms with E-state index in [9.17, 15) is 5.53 Å². The highest BCUT2D eigenvalue weighted by Crippen LogP contribution is 2.43. The van der Waals surface area contributed by atoms with E-state index in [1.807, 2.05) is 0 Å². The Morgan fingerprint density at radius 2 is 1.12 bits per heavy atom. The van der Waals surface area contributed by atoms with Crippen molar-refractivity contribution < 1.29 is 4.70 Å². The molecule has 2 aromatic carbocycles. The predicted octanol–water partition coefficient (Wildman–Crippen LogP) is 15.0. The molecule has 3 rings (SSSR count). The van der Waals surface area contributed by atoms with Crippen LogP contribution in [0.25, 0.3) is 16.9 Å². The number of unbranched alkanes of at least 4 members (excludes halogenated alkanes) is 17. The number of allylic oxidation sites excluding steroid dienone is 2. The fourth-order valence-corrected chi connectivity index (χ4v) is 7.16. The lowest BCUT2D eigenvalue weighted by Gasteiger charge is -2.13. The molecular formula is C49H70N2. The fourth-order valence-electron chi connectivity index (χ4n) is 7.16. The van der Waals surface area contributed by atoms with Crippen molar-refractivity contribution in [1.82, 2.24) is 0 Å². The van der Waals surface area contributed by atoms with Gasteiger partial charge in [0.2, 0.25) is 11.4 Å². The van der Waals surface area contributed by atoms with Crippen LogP contribution in [-0.2, 0) is 12.8 Å². The highest BCUT2D eigenvalue weighted by atomic mass is 15.2. The van der Waals surface area contributed by atoms with E-state index in [-0.39, 0.29) is 0 Å². The van der Waals surface area contributed by atoms with E-state index in [0.29, 0.717) is 0 Å². The van der Waals surface area contributed by atoms with Gasteiger partial charge in [-0.25, -0.2) is 4.70 Å². The van der Waals surface area contributed by atoms with E-state index >= 15 is 0 Å². The molecule has 276 valence electrons. The topological polar surface area (TPSA) is 25.3 Å². The molecule has 0 saturated carbocycles. The van der Waals surface area contributed by atoms with Crippen molar-refractivity contribution >= 4 is 11.4 Å². The monoisotopic (exact) mass is 687 g/mol. The molecule has 0 N–H and O–H groups in total. The molecule has 0 atom stereocenters. The predicted molar refractivity (Wildman–Crippen MR) is 222 cm³/mol. The van der Waals surface area contributed by atoms with Crippen molar-refractivity contribution in [3.63, 3.8) is 0 Å². The van der Waals surface area contributed by atoms with Crippen LogP contribution in [0, 0.1) is 23.7 Å². The molecule has 0 radical (unpaired) electrons. The van der Waals surface area contributed by atoms with Gasteiger partial charge in [-0.15, -0.1) is 11.8 Å². The van der Waals surface area contributed by atoms with Crippen LogP contribution in [0.2, 0.25) is 0 Å². The van der Waals surface area contributed by atoms with Gasteiger partial charge < -0.3 is 5.53 Å². The molecule has 1 aliphatic rings. The lowest BCUT2D eigenvalue weighted by molar-refractivity contribution is -0.345. The van der Waals surface area contributed by atoms with E-state index in [4.69, 9.17) is 0 Å². The first kappa shape index (κ1) is 42.1. The highest BCUT2D eigenvalue weighted by molar-refractivity contribution is 5.86. The summed E-state index contributed by atoms with van der Waals surface area (Å²) < 4.78 is 1.49. The van der Waals surface area contributed by atoms with Gasteiger partial charge in [-0.05, 0) is 74.3 Å². The molecule has 2 nitrogen and oxygen atoms in total. The summed E-state index contributed by atoms with van der Waals surface area (Å²) in [7, 11) is 0. The highest BCUT2D eigenvalue weighted by Gasteiger charge is 2.36. The van der Waals surface area contributed by atoms with Crippen LogP contribution in [0.1, 0.15) is 198 Å². The van der Waals surface area contributed by atoms with Crippen LogP contribution in [0.15, 0.2) is 59.7 Å².